The van der Waals surface area contributed by atoms with Crippen LogP contribution in [0.15, 0.2) is 70.7 Å². The highest BCUT2D eigenvalue weighted by atomic mass is 32.2. The Morgan fingerprint density at radius 3 is 2.29 bits per heavy atom. The molecule has 0 aliphatic rings. The van der Waals surface area contributed by atoms with E-state index in [1.165, 1.54) is 24.3 Å². The highest BCUT2D eigenvalue weighted by Crippen LogP contribution is 2.32. The van der Waals surface area contributed by atoms with E-state index in [9.17, 15) is 39.6 Å². The standard InChI is InChI=1S/C22H14F6N2O4S/c23-17-7-8-18(24)21(25)16(17)11-20(31)30-29-12-13-10-14(22(26,27)28)6-9-19(13)35(32,33)34-15-4-2-1-3-5-15/h1-10,12H,11H2,(H,30,31). The Morgan fingerprint density at radius 1 is 0.971 bits per heavy atom. The highest BCUT2D eigenvalue weighted by molar-refractivity contribution is 7.87. The summed E-state index contributed by atoms with van der Waals surface area (Å²) < 4.78 is 110. The number of nitrogens with zero attached hydrogens (tertiary/aromatic N) is 1. The van der Waals surface area contributed by atoms with E-state index in [1.54, 1.807) is 11.5 Å². The third-order valence-electron chi connectivity index (χ3n) is 4.42. The molecule has 35 heavy (non-hydrogen) atoms. The quantitative estimate of drug-likeness (QED) is 0.164. The molecular formula is C22H14F6N2O4S. The summed E-state index contributed by atoms with van der Waals surface area (Å²) in [5, 5.41) is 3.37. The van der Waals surface area contributed by atoms with Crippen molar-refractivity contribution in [3.8, 4) is 5.75 Å². The number of amides is 1. The number of carbonyl (C=O) groups excluding carboxylic acids is 1. The average Bonchev–Trinajstić information content (AvgIpc) is 2.79. The molecule has 0 aromatic heterocycles. The first-order valence-electron chi connectivity index (χ1n) is 9.53. The predicted molar refractivity (Wildman–Crippen MR) is 111 cm³/mol. The van der Waals surface area contributed by atoms with Crippen LogP contribution >= 0.6 is 0 Å². The molecule has 0 saturated carbocycles. The lowest BCUT2D eigenvalue weighted by molar-refractivity contribution is -0.137. The van der Waals surface area contributed by atoms with Crippen molar-refractivity contribution < 1.29 is 43.7 Å². The zero-order valence-corrected chi connectivity index (χ0v) is 18.1. The first kappa shape index (κ1) is 25.7. The van der Waals surface area contributed by atoms with Crippen LogP contribution in [0.3, 0.4) is 0 Å². The minimum atomic E-state index is -4.83. The van der Waals surface area contributed by atoms with Gasteiger partial charge in [-0.15, -0.1) is 0 Å². The Bertz CT molecular complexity index is 1380. The molecule has 0 bridgehead atoms. The van der Waals surface area contributed by atoms with Gasteiger partial charge in [-0.1, -0.05) is 18.2 Å². The lowest BCUT2D eigenvalue weighted by Crippen LogP contribution is -2.22. The molecule has 0 spiro atoms. The number of carbonyl (C=O) groups is 1. The van der Waals surface area contributed by atoms with E-state index in [0.29, 0.717) is 36.5 Å². The van der Waals surface area contributed by atoms with E-state index in [4.69, 9.17) is 4.18 Å². The zero-order valence-electron chi connectivity index (χ0n) is 17.3. The van der Waals surface area contributed by atoms with Gasteiger partial charge in [-0.3, -0.25) is 4.79 Å². The summed E-state index contributed by atoms with van der Waals surface area (Å²) in [5.74, 6) is -5.44. The zero-order chi connectivity index (χ0) is 25.8. The molecule has 1 N–H and O–H groups in total. The monoisotopic (exact) mass is 516 g/mol. The van der Waals surface area contributed by atoms with Gasteiger partial charge >= 0.3 is 16.3 Å². The van der Waals surface area contributed by atoms with E-state index < -0.39 is 67.7 Å². The van der Waals surface area contributed by atoms with Crippen LogP contribution < -0.4 is 9.61 Å². The van der Waals surface area contributed by atoms with Crippen molar-refractivity contribution in [2.24, 2.45) is 5.10 Å². The van der Waals surface area contributed by atoms with Crippen molar-refractivity contribution in [1.29, 1.82) is 0 Å². The van der Waals surface area contributed by atoms with Crippen molar-refractivity contribution in [3.05, 3.63) is 94.8 Å². The van der Waals surface area contributed by atoms with Crippen LogP contribution in [0, 0.1) is 17.5 Å². The summed E-state index contributed by atoms with van der Waals surface area (Å²) in [4.78, 5) is 11.3. The van der Waals surface area contributed by atoms with Gasteiger partial charge in [0.05, 0.1) is 18.2 Å². The number of nitrogens with one attached hydrogen (secondary N) is 1. The van der Waals surface area contributed by atoms with Crippen LogP contribution in [0.1, 0.15) is 16.7 Å². The maximum Gasteiger partial charge on any atom is 0.416 e. The lowest BCUT2D eigenvalue weighted by Gasteiger charge is -2.12. The average molecular weight is 516 g/mol. The molecule has 3 rings (SSSR count). The normalized spacial score (nSPS) is 12.1. The summed E-state index contributed by atoms with van der Waals surface area (Å²) in [6, 6.07) is 9.91. The fourth-order valence-electron chi connectivity index (χ4n) is 2.81. The van der Waals surface area contributed by atoms with E-state index in [-0.39, 0.29) is 5.75 Å². The number of hydrazone groups is 1. The molecular weight excluding hydrogens is 502 g/mol. The number of benzene rings is 3. The van der Waals surface area contributed by atoms with Crippen LogP contribution in [0.5, 0.6) is 5.75 Å². The van der Waals surface area contributed by atoms with Crippen LogP contribution in [0.25, 0.3) is 0 Å². The van der Waals surface area contributed by atoms with Gasteiger partial charge in [-0.2, -0.15) is 26.7 Å². The third-order valence-corrected chi connectivity index (χ3v) is 5.75. The Hall–Kier alpha value is -3.87. The van der Waals surface area contributed by atoms with E-state index in [2.05, 4.69) is 5.10 Å². The number of hydrogen-bond donors (Lipinski definition) is 1. The van der Waals surface area contributed by atoms with Crippen molar-refractivity contribution in [1.82, 2.24) is 5.43 Å². The molecule has 0 atom stereocenters. The molecule has 184 valence electrons. The second-order valence-corrected chi connectivity index (χ2v) is 8.41. The second kappa shape index (κ2) is 10.2. The van der Waals surface area contributed by atoms with E-state index in [0.717, 1.165) is 0 Å². The summed E-state index contributed by atoms with van der Waals surface area (Å²) in [6.07, 6.45) is -5.23. The molecule has 0 fully saturated rings. The molecule has 0 unspecified atom stereocenters. The minimum absolute atomic E-state index is 0.109. The van der Waals surface area contributed by atoms with Gasteiger partial charge in [0, 0.05) is 11.1 Å². The van der Waals surface area contributed by atoms with Crippen LogP contribution in [-0.2, 0) is 27.5 Å². The maximum atomic E-state index is 13.7. The first-order chi connectivity index (χ1) is 16.4. The van der Waals surface area contributed by atoms with Gasteiger partial charge < -0.3 is 4.18 Å². The van der Waals surface area contributed by atoms with Crippen LogP contribution in [0.2, 0.25) is 0 Å². The third kappa shape index (κ3) is 6.38. The van der Waals surface area contributed by atoms with Crippen molar-refractivity contribution in [3.63, 3.8) is 0 Å². The molecule has 0 radical (unpaired) electrons. The van der Waals surface area contributed by atoms with Gasteiger partial charge in [-0.05, 0) is 42.5 Å². The summed E-state index contributed by atoms with van der Waals surface area (Å²) >= 11 is 0. The van der Waals surface area contributed by atoms with Crippen molar-refractivity contribution in [2.75, 3.05) is 0 Å². The smallest absolute Gasteiger partial charge is 0.379 e. The minimum Gasteiger partial charge on any atom is -0.379 e. The van der Waals surface area contributed by atoms with E-state index in [1.807, 2.05) is 0 Å². The van der Waals surface area contributed by atoms with E-state index >= 15 is 0 Å². The molecule has 6 nitrogen and oxygen atoms in total. The van der Waals surface area contributed by atoms with Crippen LogP contribution in [0.4, 0.5) is 26.3 Å². The summed E-state index contributed by atoms with van der Waals surface area (Å²) in [7, 11) is -4.63. The Labute approximate surface area is 195 Å². The molecule has 0 heterocycles. The Morgan fingerprint density at radius 2 is 1.63 bits per heavy atom. The fourth-order valence-corrected chi connectivity index (χ4v) is 3.90. The SMILES string of the molecule is O=C(Cc1c(F)ccc(F)c1F)NN=Cc1cc(C(F)(F)F)ccc1S(=O)(=O)Oc1ccccc1. The molecule has 1 amide bonds. The Balaban J connectivity index is 1.88. The largest absolute Gasteiger partial charge is 0.416 e. The molecule has 3 aromatic carbocycles. The molecule has 0 aliphatic carbocycles. The fraction of sp³-hybridized carbons (Fsp3) is 0.0909. The Kier molecular flexibility index (Phi) is 7.48. The molecule has 3 aromatic rings. The number of hydrogen-bond acceptors (Lipinski definition) is 5. The lowest BCUT2D eigenvalue weighted by atomic mass is 10.1. The first-order valence-corrected chi connectivity index (χ1v) is 10.9. The molecule has 0 aliphatic heterocycles. The van der Waals surface area contributed by atoms with Gasteiger partial charge in [-0.25, -0.2) is 18.6 Å². The van der Waals surface area contributed by atoms with Crippen molar-refractivity contribution in [2.45, 2.75) is 17.5 Å². The van der Waals surface area contributed by atoms with Crippen LogP contribution in [-0.4, -0.2) is 20.5 Å². The topological polar surface area (TPSA) is 84.8 Å². The predicted octanol–water partition coefficient (Wildman–Crippen LogP) is 4.58. The van der Waals surface area contributed by atoms with Gasteiger partial charge in [0.2, 0.25) is 5.91 Å². The van der Waals surface area contributed by atoms with Gasteiger partial charge in [0.15, 0.2) is 11.6 Å². The second-order valence-electron chi connectivity index (χ2n) is 6.89. The van der Waals surface area contributed by atoms with Gasteiger partial charge in [0.25, 0.3) is 0 Å². The highest BCUT2D eigenvalue weighted by Gasteiger charge is 2.32. The van der Waals surface area contributed by atoms with Gasteiger partial charge in [0.1, 0.15) is 16.5 Å². The summed E-state index contributed by atoms with van der Waals surface area (Å²) in [6.45, 7) is 0. The molecule has 13 heteroatoms. The number of alkyl halides is 3. The number of rotatable bonds is 7. The van der Waals surface area contributed by atoms with Crippen molar-refractivity contribution >= 4 is 22.2 Å². The molecule has 0 saturated heterocycles. The number of para-hydroxylation sites is 1. The number of halogens is 6. The summed E-state index contributed by atoms with van der Waals surface area (Å²) in [5.41, 5.74) is -0.907. The maximum absolute atomic E-state index is 13.7.